The number of para-hydroxylation sites is 1. The first-order chi connectivity index (χ1) is 16.7. The number of rotatable bonds is 7. The topological polar surface area (TPSA) is 92.9 Å². The van der Waals surface area contributed by atoms with Crippen molar-refractivity contribution >= 4 is 17.2 Å². The number of ether oxygens (including phenoxy) is 2. The Morgan fingerprint density at radius 3 is 2.76 bits per heavy atom. The second-order valence-electron chi connectivity index (χ2n) is 8.52. The largest absolute Gasteiger partial charge is 0.496 e. The molecule has 0 amide bonds. The third kappa shape index (κ3) is 4.42. The smallest absolute Gasteiger partial charge is 0.245 e. The summed E-state index contributed by atoms with van der Waals surface area (Å²) >= 11 is 0. The minimum atomic E-state index is -0.323. The van der Waals surface area contributed by atoms with Crippen LogP contribution in [0.1, 0.15) is 12.0 Å². The van der Waals surface area contributed by atoms with E-state index in [4.69, 9.17) is 14.6 Å². The highest BCUT2D eigenvalue weighted by Gasteiger charge is 2.23. The van der Waals surface area contributed by atoms with E-state index in [0.29, 0.717) is 18.2 Å². The highest BCUT2D eigenvalue weighted by Crippen LogP contribution is 2.32. The van der Waals surface area contributed by atoms with Crippen molar-refractivity contribution < 1.29 is 14.6 Å². The first-order valence-corrected chi connectivity index (χ1v) is 11.5. The Labute approximate surface area is 198 Å². The third-order valence-corrected chi connectivity index (χ3v) is 6.38. The molecule has 3 N–H and O–H groups in total. The van der Waals surface area contributed by atoms with Gasteiger partial charge in [-0.15, -0.1) is 5.10 Å². The van der Waals surface area contributed by atoms with Gasteiger partial charge in [0.2, 0.25) is 5.95 Å². The number of hydrogen-bond acceptors (Lipinski definition) is 7. The zero-order valence-corrected chi connectivity index (χ0v) is 19.4. The molecule has 0 spiro atoms. The average Bonchev–Trinajstić information content (AvgIpc) is 3.29. The van der Waals surface area contributed by atoms with Crippen molar-refractivity contribution in [2.45, 2.75) is 18.9 Å². The quantitative estimate of drug-likeness (QED) is 0.388. The molecular formula is C26H29N5O3. The Balaban J connectivity index is 1.41. The molecular weight excluding hydrogens is 430 g/mol. The molecule has 2 aromatic heterocycles. The zero-order chi connectivity index (χ0) is 23.5. The molecule has 0 aliphatic carbocycles. The van der Waals surface area contributed by atoms with Gasteiger partial charge in [0.05, 0.1) is 43.4 Å². The third-order valence-electron chi connectivity index (χ3n) is 6.38. The summed E-state index contributed by atoms with van der Waals surface area (Å²) in [4.78, 5) is 4.48. The fourth-order valence-corrected chi connectivity index (χ4v) is 4.54. The summed E-state index contributed by atoms with van der Waals surface area (Å²) in [5.74, 6) is 2.20. The van der Waals surface area contributed by atoms with Crippen LogP contribution in [0.4, 0.5) is 11.6 Å². The molecule has 2 unspecified atom stereocenters. The normalized spacial score (nSPS) is 18.1. The number of benzene rings is 2. The number of β-amino-alcohol motifs (C(OH)–C–C–N with tert-alkyl or cyclic N) is 1. The molecule has 0 bridgehead atoms. The fraction of sp³-hybridized carbons (Fsp3) is 0.308. The first-order valence-electron chi connectivity index (χ1n) is 11.5. The van der Waals surface area contributed by atoms with Gasteiger partial charge in [0.1, 0.15) is 11.5 Å². The molecule has 1 aliphatic rings. The predicted octanol–water partition coefficient (Wildman–Crippen LogP) is 3.67. The number of aliphatic hydroxyl groups is 1. The standard InChI is InChI=1S/C26H29N5O3/c1-33-24-6-4-3-5-20(24)22-10-8-19-15-28-26(30-31(19)22)29-21-9-7-17(14-25(21)34-2)13-18-11-12-27-16-23(18)32/h3-10,14-15,18,23,27,32H,11-13,16H2,1-2H3,(H,29,30). The van der Waals surface area contributed by atoms with E-state index in [0.717, 1.165) is 53.2 Å². The van der Waals surface area contributed by atoms with E-state index in [1.807, 2.05) is 53.0 Å². The summed E-state index contributed by atoms with van der Waals surface area (Å²) in [6, 6.07) is 17.9. The Morgan fingerprint density at radius 1 is 1.09 bits per heavy atom. The number of aromatic nitrogens is 3. The molecule has 2 aromatic carbocycles. The lowest BCUT2D eigenvalue weighted by atomic mass is 9.88. The average molecular weight is 460 g/mol. The molecule has 0 saturated carbocycles. The van der Waals surface area contributed by atoms with Crippen molar-refractivity contribution in [1.82, 2.24) is 19.9 Å². The van der Waals surface area contributed by atoms with Gasteiger partial charge in [-0.1, -0.05) is 18.2 Å². The van der Waals surface area contributed by atoms with E-state index >= 15 is 0 Å². The van der Waals surface area contributed by atoms with E-state index in [-0.39, 0.29) is 12.0 Å². The van der Waals surface area contributed by atoms with Gasteiger partial charge in [0.15, 0.2) is 0 Å². The van der Waals surface area contributed by atoms with Gasteiger partial charge in [-0.3, -0.25) is 0 Å². The monoisotopic (exact) mass is 459 g/mol. The van der Waals surface area contributed by atoms with Crippen LogP contribution in [-0.2, 0) is 6.42 Å². The van der Waals surface area contributed by atoms with Crippen molar-refractivity contribution in [3.05, 3.63) is 66.4 Å². The van der Waals surface area contributed by atoms with Crippen LogP contribution in [-0.4, -0.2) is 53.1 Å². The number of methoxy groups -OCH3 is 2. The summed E-state index contributed by atoms with van der Waals surface area (Å²) in [5.41, 5.74) is 4.67. The van der Waals surface area contributed by atoms with Gasteiger partial charge in [0.25, 0.3) is 0 Å². The van der Waals surface area contributed by atoms with Crippen LogP contribution in [0.15, 0.2) is 60.8 Å². The van der Waals surface area contributed by atoms with Gasteiger partial charge < -0.3 is 25.2 Å². The molecule has 8 nitrogen and oxygen atoms in total. The number of piperidine rings is 1. The Kier molecular flexibility index (Phi) is 6.33. The Hall–Kier alpha value is -3.62. The van der Waals surface area contributed by atoms with Gasteiger partial charge in [-0.05, 0) is 67.3 Å². The van der Waals surface area contributed by atoms with Crippen LogP contribution in [0.25, 0.3) is 16.8 Å². The molecule has 1 aliphatic heterocycles. The summed E-state index contributed by atoms with van der Waals surface area (Å²) in [6.45, 7) is 1.59. The second-order valence-corrected chi connectivity index (χ2v) is 8.52. The number of hydrogen-bond donors (Lipinski definition) is 3. The van der Waals surface area contributed by atoms with Gasteiger partial charge in [-0.2, -0.15) is 0 Å². The molecule has 1 fully saturated rings. The maximum Gasteiger partial charge on any atom is 0.245 e. The first kappa shape index (κ1) is 22.2. The van der Waals surface area contributed by atoms with E-state index < -0.39 is 0 Å². The summed E-state index contributed by atoms with van der Waals surface area (Å²) in [6.07, 6.45) is 3.24. The van der Waals surface area contributed by atoms with Crippen LogP contribution in [0.2, 0.25) is 0 Å². The van der Waals surface area contributed by atoms with E-state index in [2.05, 4.69) is 21.7 Å². The SMILES string of the molecule is COc1cc(CC2CCNCC2O)ccc1Nc1ncc2ccc(-c3ccccc3OC)n2n1. The van der Waals surface area contributed by atoms with Crippen molar-refractivity contribution in [2.75, 3.05) is 32.6 Å². The van der Waals surface area contributed by atoms with Gasteiger partial charge in [0, 0.05) is 12.1 Å². The highest BCUT2D eigenvalue weighted by molar-refractivity contribution is 5.72. The van der Waals surface area contributed by atoms with Gasteiger partial charge >= 0.3 is 0 Å². The lowest BCUT2D eigenvalue weighted by molar-refractivity contribution is 0.0820. The summed E-state index contributed by atoms with van der Waals surface area (Å²) < 4.78 is 13.0. The maximum absolute atomic E-state index is 10.3. The van der Waals surface area contributed by atoms with E-state index in [9.17, 15) is 5.11 Å². The molecule has 176 valence electrons. The van der Waals surface area contributed by atoms with Crippen molar-refractivity contribution in [3.63, 3.8) is 0 Å². The molecule has 5 rings (SSSR count). The minimum absolute atomic E-state index is 0.248. The molecule has 34 heavy (non-hydrogen) atoms. The minimum Gasteiger partial charge on any atom is -0.496 e. The Morgan fingerprint density at radius 2 is 1.94 bits per heavy atom. The molecule has 1 saturated heterocycles. The van der Waals surface area contributed by atoms with Crippen LogP contribution >= 0.6 is 0 Å². The van der Waals surface area contributed by atoms with Gasteiger partial charge in [-0.25, -0.2) is 9.50 Å². The van der Waals surface area contributed by atoms with E-state index in [1.165, 1.54) is 0 Å². The van der Waals surface area contributed by atoms with Crippen molar-refractivity contribution in [2.24, 2.45) is 5.92 Å². The summed E-state index contributed by atoms with van der Waals surface area (Å²) in [5, 5.41) is 21.5. The molecule has 0 radical (unpaired) electrons. The fourth-order valence-electron chi connectivity index (χ4n) is 4.54. The predicted molar refractivity (Wildman–Crippen MR) is 132 cm³/mol. The number of nitrogens with one attached hydrogen (secondary N) is 2. The molecule has 2 atom stereocenters. The summed E-state index contributed by atoms with van der Waals surface area (Å²) in [7, 11) is 3.32. The molecule has 3 heterocycles. The lowest BCUT2D eigenvalue weighted by Crippen LogP contribution is -2.41. The van der Waals surface area contributed by atoms with Crippen LogP contribution < -0.4 is 20.1 Å². The zero-order valence-electron chi connectivity index (χ0n) is 19.4. The molecule has 4 aromatic rings. The lowest BCUT2D eigenvalue weighted by Gasteiger charge is -2.28. The van der Waals surface area contributed by atoms with E-state index in [1.54, 1.807) is 20.4 Å². The number of aliphatic hydroxyl groups excluding tert-OH is 1. The molecule has 8 heteroatoms. The van der Waals surface area contributed by atoms with Crippen molar-refractivity contribution in [3.8, 4) is 22.8 Å². The number of anilines is 2. The highest BCUT2D eigenvalue weighted by atomic mass is 16.5. The number of nitrogens with zero attached hydrogens (tertiary/aromatic N) is 3. The van der Waals surface area contributed by atoms with Crippen LogP contribution in [0.5, 0.6) is 11.5 Å². The number of fused-ring (bicyclic) bond motifs is 1. The second kappa shape index (κ2) is 9.70. The van der Waals surface area contributed by atoms with Crippen molar-refractivity contribution in [1.29, 1.82) is 0 Å². The van der Waals surface area contributed by atoms with Crippen LogP contribution in [0.3, 0.4) is 0 Å². The Bertz CT molecular complexity index is 1290. The van der Waals surface area contributed by atoms with Crippen LogP contribution in [0, 0.1) is 5.92 Å². The maximum atomic E-state index is 10.3.